The second-order valence-corrected chi connectivity index (χ2v) is 6.86. The Morgan fingerprint density at radius 2 is 1.72 bits per heavy atom. The van der Waals surface area contributed by atoms with E-state index in [-0.39, 0.29) is 18.4 Å². The summed E-state index contributed by atoms with van der Waals surface area (Å²) in [5.74, 6) is 1.08. The first-order valence-electron chi connectivity index (χ1n) is 9.73. The van der Waals surface area contributed by atoms with Gasteiger partial charge in [-0.2, -0.15) is 0 Å². The predicted octanol–water partition coefficient (Wildman–Crippen LogP) is 3.46. The predicted molar refractivity (Wildman–Crippen MR) is 115 cm³/mol. The Hall–Kier alpha value is -3.02. The van der Waals surface area contributed by atoms with Crippen molar-refractivity contribution in [3.05, 3.63) is 53.6 Å². The fourth-order valence-electron chi connectivity index (χ4n) is 3.20. The van der Waals surface area contributed by atoms with Crippen LogP contribution in [0.5, 0.6) is 11.5 Å². The van der Waals surface area contributed by atoms with Crippen LogP contribution in [0.3, 0.4) is 0 Å². The van der Waals surface area contributed by atoms with E-state index in [1.54, 1.807) is 24.0 Å². The first kappa shape index (κ1) is 22.3. The van der Waals surface area contributed by atoms with Gasteiger partial charge in [0.2, 0.25) is 11.8 Å². The molecule has 0 aliphatic carbocycles. The van der Waals surface area contributed by atoms with E-state index in [0.29, 0.717) is 31.0 Å². The fraction of sp³-hybridized carbons (Fsp3) is 0.391. The topological polar surface area (TPSA) is 59.1 Å². The van der Waals surface area contributed by atoms with Gasteiger partial charge >= 0.3 is 0 Å². The van der Waals surface area contributed by atoms with Gasteiger partial charge in [0, 0.05) is 25.7 Å². The highest BCUT2D eigenvalue weighted by Crippen LogP contribution is 2.27. The zero-order chi connectivity index (χ0) is 21.4. The summed E-state index contributed by atoms with van der Waals surface area (Å²) in [6.07, 6.45) is 0.615. The minimum atomic E-state index is -0.126. The number of hydrogen-bond acceptors (Lipinski definition) is 4. The number of likely N-dealkylation sites (N-methyl/N-ethyl adjacent to an activating group) is 1. The highest BCUT2D eigenvalue weighted by atomic mass is 16.5. The van der Waals surface area contributed by atoms with Crippen LogP contribution in [0, 0.1) is 6.92 Å². The van der Waals surface area contributed by atoms with E-state index < -0.39 is 0 Å². The normalized spacial score (nSPS) is 10.4. The van der Waals surface area contributed by atoms with Crippen LogP contribution in [-0.4, -0.2) is 50.6 Å². The molecule has 0 aliphatic rings. The van der Waals surface area contributed by atoms with Crippen LogP contribution in [0.25, 0.3) is 0 Å². The Kier molecular flexibility index (Phi) is 8.07. The summed E-state index contributed by atoms with van der Waals surface area (Å²) in [7, 11) is 3.18. The second kappa shape index (κ2) is 10.5. The number of carbonyl (C=O) groups excluding carboxylic acids is 2. The maximum atomic E-state index is 12.9. The van der Waals surface area contributed by atoms with E-state index in [1.807, 2.05) is 56.3 Å². The van der Waals surface area contributed by atoms with Gasteiger partial charge in [0.15, 0.2) is 11.5 Å². The van der Waals surface area contributed by atoms with Crippen LogP contribution in [0.15, 0.2) is 42.5 Å². The molecule has 0 fully saturated rings. The first-order valence-corrected chi connectivity index (χ1v) is 9.73. The number of carbonyl (C=O) groups is 2. The van der Waals surface area contributed by atoms with E-state index in [0.717, 1.165) is 16.8 Å². The summed E-state index contributed by atoms with van der Waals surface area (Å²) in [4.78, 5) is 28.3. The van der Waals surface area contributed by atoms with Crippen molar-refractivity contribution in [2.75, 3.05) is 38.8 Å². The highest BCUT2D eigenvalue weighted by molar-refractivity contribution is 5.96. The Morgan fingerprint density at radius 3 is 2.31 bits per heavy atom. The van der Waals surface area contributed by atoms with Crippen LogP contribution in [0.4, 0.5) is 5.69 Å². The van der Waals surface area contributed by atoms with Gasteiger partial charge in [-0.1, -0.05) is 18.2 Å². The number of benzene rings is 2. The molecule has 156 valence electrons. The summed E-state index contributed by atoms with van der Waals surface area (Å²) in [5, 5.41) is 0. The van der Waals surface area contributed by atoms with Crippen molar-refractivity contribution >= 4 is 17.5 Å². The molecule has 0 bridgehead atoms. The van der Waals surface area contributed by atoms with Crippen molar-refractivity contribution in [1.29, 1.82) is 0 Å². The van der Waals surface area contributed by atoms with E-state index in [2.05, 4.69) is 0 Å². The maximum absolute atomic E-state index is 12.9. The molecule has 0 heterocycles. The van der Waals surface area contributed by atoms with Crippen LogP contribution < -0.4 is 14.4 Å². The lowest BCUT2D eigenvalue weighted by molar-refractivity contribution is -0.133. The lowest BCUT2D eigenvalue weighted by Crippen LogP contribution is -2.43. The molecule has 0 N–H and O–H groups in total. The Morgan fingerprint density at radius 1 is 1.00 bits per heavy atom. The summed E-state index contributed by atoms with van der Waals surface area (Å²) in [6, 6.07) is 13.5. The third-order valence-electron chi connectivity index (χ3n) is 4.82. The lowest BCUT2D eigenvalue weighted by Gasteiger charge is -2.26. The smallest absolute Gasteiger partial charge is 0.246 e. The van der Waals surface area contributed by atoms with E-state index in [1.165, 1.54) is 6.92 Å². The molecule has 0 aromatic heterocycles. The number of amides is 2. The molecule has 0 radical (unpaired) electrons. The van der Waals surface area contributed by atoms with E-state index in [9.17, 15) is 9.59 Å². The quantitative estimate of drug-likeness (QED) is 0.649. The van der Waals surface area contributed by atoms with Crippen molar-refractivity contribution < 1.29 is 19.1 Å². The number of methoxy groups -OCH3 is 2. The number of nitrogens with zero attached hydrogens (tertiary/aromatic N) is 2. The third kappa shape index (κ3) is 5.98. The number of hydrogen-bond donors (Lipinski definition) is 0. The number of rotatable bonds is 9. The molecule has 29 heavy (non-hydrogen) atoms. The molecular weight excluding hydrogens is 368 g/mol. The van der Waals surface area contributed by atoms with Gasteiger partial charge in [0.1, 0.15) is 6.54 Å². The molecule has 6 heteroatoms. The van der Waals surface area contributed by atoms with Crippen molar-refractivity contribution in [2.24, 2.45) is 0 Å². The minimum absolute atomic E-state index is 0.0460. The number of aryl methyl sites for hydroxylation is 1. The molecule has 6 nitrogen and oxygen atoms in total. The largest absolute Gasteiger partial charge is 0.493 e. The molecule has 0 unspecified atom stereocenters. The lowest BCUT2D eigenvalue weighted by atomic mass is 10.1. The first-order chi connectivity index (χ1) is 13.9. The van der Waals surface area contributed by atoms with Crippen molar-refractivity contribution in [3.8, 4) is 11.5 Å². The Balaban J connectivity index is 2.07. The summed E-state index contributed by atoms with van der Waals surface area (Å²) in [5.41, 5.74) is 2.94. The molecular formula is C23H30N2O4. The van der Waals surface area contributed by atoms with Crippen LogP contribution in [0.1, 0.15) is 25.0 Å². The number of ether oxygens (including phenoxy) is 2. The highest BCUT2D eigenvalue weighted by Gasteiger charge is 2.19. The third-order valence-corrected chi connectivity index (χ3v) is 4.82. The fourth-order valence-corrected chi connectivity index (χ4v) is 3.20. The average Bonchev–Trinajstić information content (AvgIpc) is 2.71. The average molecular weight is 399 g/mol. The van der Waals surface area contributed by atoms with Gasteiger partial charge in [-0.3, -0.25) is 9.59 Å². The summed E-state index contributed by atoms with van der Waals surface area (Å²) >= 11 is 0. The number of anilines is 1. The van der Waals surface area contributed by atoms with E-state index >= 15 is 0 Å². The second-order valence-electron chi connectivity index (χ2n) is 6.86. The maximum Gasteiger partial charge on any atom is 0.246 e. The Bertz CT molecular complexity index is 851. The monoisotopic (exact) mass is 398 g/mol. The molecule has 2 amide bonds. The van der Waals surface area contributed by atoms with Gasteiger partial charge < -0.3 is 19.3 Å². The van der Waals surface area contributed by atoms with Gasteiger partial charge in [0.05, 0.1) is 14.2 Å². The molecule has 2 aromatic rings. The summed E-state index contributed by atoms with van der Waals surface area (Å²) in [6.45, 7) is 6.45. The standard InChI is InChI=1S/C23H30N2O4/c1-6-25(20-9-7-8-17(2)14-20)23(27)16-24(18(3)26)13-12-19-10-11-21(28-4)22(15-19)29-5/h7-11,14-15H,6,12-13,16H2,1-5H3. The Labute approximate surface area is 173 Å². The summed E-state index contributed by atoms with van der Waals surface area (Å²) < 4.78 is 10.6. The van der Waals surface area contributed by atoms with Crippen molar-refractivity contribution in [3.63, 3.8) is 0 Å². The van der Waals surface area contributed by atoms with Crippen LogP contribution >= 0.6 is 0 Å². The van der Waals surface area contributed by atoms with Gasteiger partial charge in [0.25, 0.3) is 0 Å². The zero-order valence-electron chi connectivity index (χ0n) is 17.9. The molecule has 0 atom stereocenters. The SMILES string of the molecule is CCN(C(=O)CN(CCc1ccc(OC)c(OC)c1)C(C)=O)c1cccc(C)c1. The molecule has 0 aliphatic heterocycles. The van der Waals surface area contributed by atoms with Crippen molar-refractivity contribution in [1.82, 2.24) is 4.90 Å². The molecule has 2 rings (SSSR count). The van der Waals surface area contributed by atoms with Gasteiger partial charge in [-0.25, -0.2) is 0 Å². The molecule has 2 aromatic carbocycles. The van der Waals surface area contributed by atoms with Gasteiger partial charge in [-0.15, -0.1) is 0 Å². The van der Waals surface area contributed by atoms with Gasteiger partial charge in [-0.05, 0) is 55.7 Å². The molecule has 0 saturated heterocycles. The van der Waals surface area contributed by atoms with Crippen LogP contribution in [-0.2, 0) is 16.0 Å². The zero-order valence-corrected chi connectivity index (χ0v) is 17.9. The van der Waals surface area contributed by atoms with Crippen molar-refractivity contribution in [2.45, 2.75) is 27.2 Å². The van der Waals surface area contributed by atoms with E-state index in [4.69, 9.17) is 9.47 Å². The molecule has 0 saturated carbocycles. The molecule has 0 spiro atoms. The van der Waals surface area contributed by atoms with Crippen LogP contribution in [0.2, 0.25) is 0 Å². The minimum Gasteiger partial charge on any atom is -0.493 e.